The predicted molar refractivity (Wildman–Crippen MR) is 51.9 cm³/mol. The Bertz CT molecular complexity index is 150. The van der Waals surface area contributed by atoms with Gasteiger partial charge in [0.25, 0.3) is 6.36 Å². The Morgan fingerprint density at radius 1 is 1.29 bits per heavy atom. The van der Waals surface area contributed by atoms with Crippen LogP contribution in [0.15, 0.2) is 0 Å². The zero-order valence-electron chi connectivity index (χ0n) is 8.67. The molecule has 0 rings (SSSR count). The van der Waals surface area contributed by atoms with Crippen LogP contribution in [-0.2, 0) is 9.53 Å². The van der Waals surface area contributed by atoms with E-state index in [9.17, 15) is 9.18 Å². The van der Waals surface area contributed by atoms with E-state index >= 15 is 0 Å². The van der Waals surface area contributed by atoms with Crippen molar-refractivity contribution in [1.82, 2.24) is 0 Å². The molecule has 84 valence electrons. The lowest BCUT2D eigenvalue weighted by molar-refractivity contribution is -0.163. The molecule has 0 aliphatic carbocycles. The molecular weight excluding hydrogens is 187 g/mol. The summed E-state index contributed by atoms with van der Waals surface area (Å²) in [5, 5.41) is 8.15. The number of hydrogen-bond donors (Lipinski definition) is 1. The largest absolute Gasteiger partial charge is 0.477 e. The molecular formula is C10H19FO3. The Labute approximate surface area is 84.3 Å². The van der Waals surface area contributed by atoms with Crippen LogP contribution < -0.4 is 0 Å². The van der Waals surface area contributed by atoms with E-state index in [0.717, 1.165) is 19.3 Å². The lowest BCUT2D eigenvalue weighted by atomic mass is 10.1. The molecule has 3 nitrogen and oxygen atoms in total. The molecule has 0 bridgehead atoms. The Morgan fingerprint density at radius 2 is 1.86 bits per heavy atom. The van der Waals surface area contributed by atoms with Crippen molar-refractivity contribution in [2.24, 2.45) is 0 Å². The monoisotopic (exact) mass is 206 g/mol. The van der Waals surface area contributed by atoms with Gasteiger partial charge in [0.15, 0.2) is 0 Å². The Kier molecular flexibility index (Phi) is 8.53. The van der Waals surface area contributed by atoms with Crippen molar-refractivity contribution in [2.75, 3.05) is 6.61 Å². The van der Waals surface area contributed by atoms with Crippen molar-refractivity contribution >= 4 is 5.97 Å². The summed E-state index contributed by atoms with van der Waals surface area (Å²) >= 11 is 0. The number of aliphatic carboxylic acids is 1. The Hall–Kier alpha value is -0.640. The van der Waals surface area contributed by atoms with Gasteiger partial charge < -0.3 is 9.84 Å². The summed E-state index contributed by atoms with van der Waals surface area (Å²) in [6.07, 6.45) is 4.27. The maximum absolute atomic E-state index is 12.3. The SMILES string of the molecule is CCCCCCCCOC(F)C(=O)O. The third kappa shape index (κ3) is 7.98. The van der Waals surface area contributed by atoms with Crippen LogP contribution >= 0.6 is 0 Å². The minimum absolute atomic E-state index is 0.194. The maximum Gasteiger partial charge on any atom is 0.366 e. The number of rotatable bonds is 9. The van der Waals surface area contributed by atoms with Gasteiger partial charge in [-0.15, -0.1) is 0 Å². The molecule has 0 fully saturated rings. The van der Waals surface area contributed by atoms with Gasteiger partial charge in [0, 0.05) is 0 Å². The first-order chi connectivity index (χ1) is 6.68. The summed E-state index contributed by atoms with van der Waals surface area (Å²) in [6, 6.07) is 0. The highest BCUT2D eigenvalue weighted by atomic mass is 19.1. The fourth-order valence-corrected chi connectivity index (χ4v) is 1.14. The first-order valence-corrected chi connectivity index (χ1v) is 5.17. The average molecular weight is 206 g/mol. The van der Waals surface area contributed by atoms with Crippen LogP contribution in [0.2, 0.25) is 0 Å². The molecule has 0 spiro atoms. The molecule has 0 aromatic heterocycles. The van der Waals surface area contributed by atoms with E-state index in [1.54, 1.807) is 0 Å². The van der Waals surface area contributed by atoms with Gasteiger partial charge in [0.1, 0.15) is 0 Å². The molecule has 4 heteroatoms. The molecule has 1 atom stereocenters. The second-order valence-electron chi connectivity index (χ2n) is 3.29. The van der Waals surface area contributed by atoms with Crippen LogP contribution in [0.3, 0.4) is 0 Å². The quantitative estimate of drug-likeness (QED) is 0.590. The van der Waals surface area contributed by atoms with Gasteiger partial charge in [-0.3, -0.25) is 0 Å². The van der Waals surface area contributed by atoms with E-state index in [1.165, 1.54) is 19.3 Å². The number of carbonyl (C=O) groups is 1. The summed E-state index contributed by atoms with van der Waals surface area (Å²) in [4.78, 5) is 10.0. The third-order valence-corrected chi connectivity index (χ3v) is 1.96. The molecule has 0 saturated carbocycles. The number of ether oxygens (including phenoxy) is 1. The van der Waals surface area contributed by atoms with Crippen LogP contribution in [0.5, 0.6) is 0 Å². The normalized spacial score (nSPS) is 12.7. The molecule has 0 aromatic rings. The topological polar surface area (TPSA) is 46.5 Å². The van der Waals surface area contributed by atoms with Crippen molar-refractivity contribution in [3.63, 3.8) is 0 Å². The number of hydrogen-bond acceptors (Lipinski definition) is 2. The minimum atomic E-state index is -2.16. The van der Waals surface area contributed by atoms with Gasteiger partial charge in [0.05, 0.1) is 6.61 Å². The van der Waals surface area contributed by atoms with E-state index < -0.39 is 12.3 Å². The summed E-state index contributed by atoms with van der Waals surface area (Å²) in [7, 11) is 0. The predicted octanol–water partition coefficient (Wildman–Crippen LogP) is 2.74. The molecule has 0 heterocycles. The average Bonchev–Trinajstić information content (AvgIpc) is 2.16. The summed E-state index contributed by atoms with van der Waals surface area (Å²) < 4.78 is 16.8. The van der Waals surface area contributed by atoms with Gasteiger partial charge in [-0.1, -0.05) is 39.0 Å². The molecule has 0 aliphatic heterocycles. The number of unbranched alkanes of at least 4 members (excludes halogenated alkanes) is 5. The lowest BCUT2D eigenvalue weighted by Gasteiger charge is -2.04. The van der Waals surface area contributed by atoms with Gasteiger partial charge in [-0.05, 0) is 6.42 Å². The molecule has 0 saturated heterocycles. The van der Waals surface area contributed by atoms with Crippen LogP contribution in [0.1, 0.15) is 45.4 Å². The van der Waals surface area contributed by atoms with Gasteiger partial charge in [-0.25, -0.2) is 9.18 Å². The Balaban J connectivity index is 3.09. The summed E-state index contributed by atoms with van der Waals surface area (Å²) in [5.74, 6) is -1.55. The van der Waals surface area contributed by atoms with Crippen molar-refractivity contribution in [2.45, 2.75) is 51.8 Å². The molecule has 0 aliphatic rings. The van der Waals surface area contributed by atoms with Crippen molar-refractivity contribution in [3.05, 3.63) is 0 Å². The summed E-state index contributed by atoms with van der Waals surface area (Å²) in [6.45, 7) is 2.34. The zero-order valence-corrected chi connectivity index (χ0v) is 8.67. The van der Waals surface area contributed by atoms with Gasteiger partial charge >= 0.3 is 5.97 Å². The van der Waals surface area contributed by atoms with E-state index in [0.29, 0.717) is 0 Å². The number of halogens is 1. The van der Waals surface area contributed by atoms with Crippen LogP contribution in [-0.4, -0.2) is 24.0 Å². The molecule has 0 aromatic carbocycles. The molecule has 1 N–H and O–H groups in total. The molecule has 1 unspecified atom stereocenters. The summed E-state index contributed by atoms with van der Waals surface area (Å²) in [5.41, 5.74) is 0. The van der Waals surface area contributed by atoms with Crippen LogP contribution in [0, 0.1) is 0 Å². The van der Waals surface area contributed by atoms with Crippen LogP contribution in [0.4, 0.5) is 4.39 Å². The molecule has 0 amide bonds. The second kappa shape index (κ2) is 8.94. The van der Waals surface area contributed by atoms with Crippen molar-refractivity contribution < 1.29 is 19.0 Å². The van der Waals surface area contributed by atoms with Crippen LogP contribution in [0.25, 0.3) is 0 Å². The van der Waals surface area contributed by atoms with Crippen molar-refractivity contribution in [3.8, 4) is 0 Å². The van der Waals surface area contributed by atoms with Gasteiger partial charge in [-0.2, -0.15) is 0 Å². The highest BCUT2D eigenvalue weighted by molar-refractivity contribution is 5.70. The minimum Gasteiger partial charge on any atom is -0.477 e. The van der Waals surface area contributed by atoms with E-state index in [-0.39, 0.29) is 6.61 Å². The van der Waals surface area contributed by atoms with E-state index in [1.807, 2.05) is 0 Å². The first kappa shape index (κ1) is 13.4. The maximum atomic E-state index is 12.3. The first-order valence-electron chi connectivity index (χ1n) is 5.17. The van der Waals surface area contributed by atoms with E-state index in [2.05, 4.69) is 11.7 Å². The molecule has 0 radical (unpaired) electrons. The third-order valence-electron chi connectivity index (χ3n) is 1.96. The second-order valence-corrected chi connectivity index (χ2v) is 3.29. The Morgan fingerprint density at radius 3 is 2.43 bits per heavy atom. The van der Waals surface area contributed by atoms with E-state index in [4.69, 9.17) is 5.11 Å². The standard InChI is InChI=1S/C10H19FO3/c1-2-3-4-5-6-7-8-14-9(11)10(12)13/h9H,2-8H2,1H3,(H,12,13). The fraction of sp³-hybridized carbons (Fsp3) is 0.900. The zero-order chi connectivity index (χ0) is 10.8. The highest BCUT2D eigenvalue weighted by Gasteiger charge is 2.14. The fourth-order valence-electron chi connectivity index (χ4n) is 1.14. The number of carboxylic acids is 1. The highest BCUT2D eigenvalue weighted by Crippen LogP contribution is 2.05. The van der Waals surface area contributed by atoms with Gasteiger partial charge in [0.2, 0.25) is 0 Å². The smallest absolute Gasteiger partial charge is 0.366 e. The van der Waals surface area contributed by atoms with Crippen molar-refractivity contribution in [1.29, 1.82) is 0 Å². The lowest BCUT2D eigenvalue weighted by Crippen LogP contribution is -2.18. The number of carboxylic acid groups (broad SMARTS) is 1. The molecule has 14 heavy (non-hydrogen) atoms. The number of alkyl halides is 1.